The van der Waals surface area contributed by atoms with Crippen LogP contribution < -0.4 is 4.90 Å². The van der Waals surface area contributed by atoms with Crippen LogP contribution in [-0.2, 0) is 9.53 Å². The van der Waals surface area contributed by atoms with E-state index in [1.165, 1.54) is 0 Å². The number of ether oxygens (including phenoxy) is 1. The van der Waals surface area contributed by atoms with Crippen LogP contribution in [0.5, 0.6) is 0 Å². The molecule has 0 bridgehead atoms. The summed E-state index contributed by atoms with van der Waals surface area (Å²) in [5.74, 6) is 0.430. The molecule has 2 aliphatic heterocycles. The SMILES string of the molecule is CC(=O)N1CCN(CCOC2c3ccccc3C(=O)N2c2ccc3ccc(Cl)nc3n2)CC1. The molecule has 0 spiro atoms. The van der Waals surface area contributed by atoms with Crippen LogP contribution in [0.1, 0.15) is 29.1 Å². The lowest BCUT2D eigenvalue weighted by Gasteiger charge is -2.34. The molecule has 1 unspecified atom stereocenters. The van der Waals surface area contributed by atoms with Crippen molar-refractivity contribution in [2.24, 2.45) is 0 Å². The Labute approximate surface area is 196 Å². The van der Waals surface area contributed by atoms with E-state index >= 15 is 0 Å². The number of pyridine rings is 2. The molecule has 0 aliphatic carbocycles. The molecular formula is C24H24ClN5O3. The zero-order valence-corrected chi connectivity index (χ0v) is 19.0. The molecule has 8 nitrogen and oxygen atoms in total. The van der Waals surface area contributed by atoms with Gasteiger partial charge >= 0.3 is 0 Å². The Bertz CT molecular complexity index is 1210. The average molecular weight is 466 g/mol. The van der Waals surface area contributed by atoms with E-state index < -0.39 is 6.23 Å². The molecule has 33 heavy (non-hydrogen) atoms. The van der Waals surface area contributed by atoms with E-state index in [1.54, 1.807) is 24.0 Å². The molecule has 1 saturated heterocycles. The van der Waals surface area contributed by atoms with Crippen LogP contribution in [0, 0.1) is 0 Å². The maximum absolute atomic E-state index is 13.3. The minimum atomic E-state index is -0.573. The monoisotopic (exact) mass is 465 g/mol. The van der Waals surface area contributed by atoms with E-state index in [-0.39, 0.29) is 11.8 Å². The number of rotatable bonds is 5. The van der Waals surface area contributed by atoms with Gasteiger partial charge in [-0.25, -0.2) is 9.97 Å². The van der Waals surface area contributed by atoms with E-state index in [0.29, 0.717) is 28.8 Å². The lowest BCUT2D eigenvalue weighted by molar-refractivity contribution is -0.130. The number of aromatic nitrogens is 2. The second-order valence-electron chi connectivity index (χ2n) is 8.18. The van der Waals surface area contributed by atoms with E-state index in [2.05, 4.69) is 14.9 Å². The Hall–Kier alpha value is -3.07. The first kappa shape index (κ1) is 21.8. The van der Waals surface area contributed by atoms with Crippen molar-refractivity contribution in [3.05, 3.63) is 64.8 Å². The molecular weight excluding hydrogens is 442 g/mol. The number of piperazine rings is 1. The summed E-state index contributed by atoms with van der Waals surface area (Å²) < 4.78 is 6.28. The van der Waals surface area contributed by atoms with Gasteiger partial charge in [0.05, 0.1) is 6.61 Å². The van der Waals surface area contributed by atoms with Gasteiger partial charge in [0, 0.05) is 56.2 Å². The zero-order valence-electron chi connectivity index (χ0n) is 18.3. The summed E-state index contributed by atoms with van der Waals surface area (Å²) in [5.41, 5.74) is 1.91. The molecule has 9 heteroatoms. The molecule has 0 radical (unpaired) electrons. The van der Waals surface area contributed by atoms with Crippen LogP contribution in [0.15, 0.2) is 48.5 Å². The van der Waals surface area contributed by atoms with Crippen molar-refractivity contribution in [1.82, 2.24) is 19.8 Å². The van der Waals surface area contributed by atoms with E-state index in [9.17, 15) is 9.59 Å². The molecule has 3 aromatic rings. The Morgan fingerprint density at radius 3 is 2.61 bits per heavy atom. The van der Waals surface area contributed by atoms with Crippen LogP contribution in [-0.4, -0.2) is 70.9 Å². The molecule has 2 amide bonds. The summed E-state index contributed by atoms with van der Waals surface area (Å²) in [6.45, 7) is 5.84. The molecule has 1 fully saturated rings. The van der Waals surface area contributed by atoms with Crippen LogP contribution in [0.25, 0.3) is 11.0 Å². The fourth-order valence-corrected chi connectivity index (χ4v) is 4.49. The van der Waals surface area contributed by atoms with Gasteiger partial charge in [0.15, 0.2) is 11.9 Å². The van der Waals surface area contributed by atoms with Crippen LogP contribution in [0.4, 0.5) is 5.82 Å². The van der Waals surface area contributed by atoms with Gasteiger partial charge < -0.3 is 9.64 Å². The Balaban J connectivity index is 1.35. The van der Waals surface area contributed by atoms with Crippen molar-refractivity contribution in [2.45, 2.75) is 13.2 Å². The fourth-order valence-electron chi connectivity index (χ4n) is 4.35. The zero-order chi connectivity index (χ0) is 22.9. The lowest BCUT2D eigenvalue weighted by atomic mass is 10.1. The van der Waals surface area contributed by atoms with Crippen molar-refractivity contribution >= 4 is 40.3 Å². The highest BCUT2D eigenvalue weighted by atomic mass is 35.5. The highest BCUT2D eigenvalue weighted by Gasteiger charge is 2.39. The summed E-state index contributed by atoms with van der Waals surface area (Å²) in [5, 5.41) is 1.19. The predicted octanol–water partition coefficient (Wildman–Crippen LogP) is 3.12. The van der Waals surface area contributed by atoms with Gasteiger partial charge in [-0.1, -0.05) is 29.8 Å². The number of amides is 2. The third-order valence-corrected chi connectivity index (χ3v) is 6.37. The van der Waals surface area contributed by atoms with Crippen LogP contribution in [0.3, 0.4) is 0 Å². The topological polar surface area (TPSA) is 78.9 Å². The van der Waals surface area contributed by atoms with Crippen molar-refractivity contribution < 1.29 is 14.3 Å². The molecule has 170 valence electrons. The molecule has 0 N–H and O–H groups in total. The maximum Gasteiger partial charge on any atom is 0.262 e. The summed E-state index contributed by atoms with van der Waals surface area (Å²) in [6, 6.07) is 14.7. The number of anilines is 1. The third kappa shape index (κ3) is 4.29. The first-order valence-corrected chi connectivity index (χ1v) is 11.3. The molecule has 2 aromatic heterocycles. The van der Waals surface area contributed by atoms with Gasteiger partial charge in [-0.3, -0.25) is 19.4 Å². The number of carbonyl (C=O) groups excluding carboxylic acids is 2. The molecule has 2 aliphatic rings. The van der Waals surface area contributed by atoms with Crippen LogP contribution >= 0.6 is 11.6 Å². The Kier molecular flexibility index (Phi) is 5.97. The smallest absolute Gasteiger partial charge is 0.262 e. The van der Waals surface area contributed by atoms with E-state index in [4.69, 9.17) is 16.3 Å². The maximum atomic E-state index is 13.3. The quantitative estimate of drug-likeness (QED) is 0.539. The lowest BCUT2D eigenvalue weighted by Crippen LogP contribution is -2.48. The second-order valence-corrected chi connectivity index (χ2v) is 8.57. The number of halogens is 1. The van der Waals surface area contributed by atoms with Crippen molar-refractivity contribution in [3.63, 3.8) is 0 Å². The number of hydrogen-bond donors (Lipinski definition) is 0. The molecule has 0 saturated carbocycles. The van der Waals surface area contributed by atoms with Crippen molar-refractivity contribution in [3.8, 4) is 0 Å². The fraction of sp³-hybridized carbons (Fsp3) is 0.333. The van der Waals surface area contributed by atoms with Gasteiger partial charge in [0.25, 0.3) is 5.91 Å². The summed E-state index contributed by atoms with van der Waals surface area (Å²) >= 11 is 6.05. The summed E-state index contributed by atoms with van der Waals surface area (Å²) in [6.07, 6.45) is -0.573. The normalized spacial score (nSPS) is 18.7. The number of hydrogen-bond acceptors (Lipinski definition) is 6. The predicted molar refractivity (Wildman–Crippen MR) is 125 cm³/mol. The summed E-state index contributed by atoms with van der Waals surface area (Å²) in [7, 11) is 0. The van der Waals surface area contributed by atoms with Gasteiger partial charge in [0.2, 0.25) is 5.91 Å². The first-order chi connectivity index (χ1) is 16.0. The molecule has 1 atom stereocenters. The highest BCUT2D eigenvalue weighted by molar-refractivity contribution is 6.29. The summed E-state index contributed by atoms with van der Waals surface area (Å²) in [4.78, 5) is 39.4. The van der Waals surface area contributed by atoms with Gasteiger partial charge in [-0.15, -0.1) is 0 Å². The number of carbonyl (C=O) groups is 2. The van der Waals surface area contributed by atoms with Gasteiger partial charge in [-0.2, -0.15) is 0 Å². The number of benzene rings is 1. The van der Waals surface area contributed by atoms with E-state index in [1.807, 2.05) is 41.3 Å². The number of fused-ring (bicyclic) bond motifs is 2. The standard InChI is InChI=1S/C24H24ClN5O3/c1-16(31)29-12-10-28(11-13-29)14-15-33-24-19-5-3-2-4-18(19)23(32)30(24)21-9-7-17-6-8-20(25)26-22(17)27-21/h2-9,24H,10-15H2,1H3. The molecule has 1 aromatic carbocycles. The average Bonchev–Trinajstić information content (AvgIpc) is 3.10. The minimum absolute atomic E-state index is 0.112. The third-order valence-electron chi connectivity index (χ3n) is 6.16. The van der Waals surface area contributed by atoms with Crippen molar-refractivity contribution in [1.29, 1.82) is 0 Å². The highest BCUT2D eigenvalue weighted by Crippen LogP contribution is 2.37. The van der Waals surface area contributed by atoms with Crippen LogP contribution in [0.2, 0.25) is 5.15 Å². The van der Waals surface area contributed by atoms with E-state index in [0.717, 1.165) is 43.7 Å². The number of nitrogens with zero attached hydrogens (tertiary/aromatic N) is 5. The Morgan fingerprint density at radius 2 is 1.82 bits per heavy atom. The first-order valence-electron chi connectivity index (χ1n) is 11.0. The Morgan fingerprint density at radius 1 is 1.06 bits per heavy atom. The molecule has 5 rings (SSSR count). The van der Waals surface area contributed by atoms with Gasteiger partial charge in [0.1, 0.15) is 11.0 Å². The van der Waals surface area contributed by atoms with Gasteiger partial charge in [-0.05, 0) is 30.3 Å². The largest absolute Gasteiger partial charge is 0.352 e. The van der Waals surface area contributed by atoms with Crippen molar-refractivity contribution in [2.75, 3.05) is 44.2 Å². The minimum Gasteiger partial charge on any atom is -0.352 e. The molecule has 4 heterocycles. The second kappa shape index (κ2) is 9.05.